The number of nitrogens with zero attached hydrogens (tertiary/aromatic N) is 2. The van der Waals surface area contributed by atoms with E-state index in [2.05, 4.69) is 9.82 Å². The maximum absolute atomic E-state index is 12.2. The van der Waals surface area contributed by atoms with Crippen LogP contribution in [0.5, 0.6) is 0 Å². The molecular formula is C15H17N3O4S. The highest BCUT2D eigenvalue weighted by Gasteiger charge is 2.14. The highest BCUT2D eigenvalue weighted by atomic mass is 32.2. The molecule has 1 aromatic carbocycles. The molecule has 1 N–H and O–H groups in total. The number of hydrogen-bond donors (Lipinski definition) is 1. The maximum atomic E-state index is 12.2. The Balaban J connectivity index is 2.05. The first-order valence-corrected chi connectivity index (χ1v) is 8.43. The molecule has 0 aliphatic carbocycles. The molecule has 7 nitrogen and oxygen atoms in total. The zero-order valence-electron chi connectivity index (χ0n) is 12.8. The van der Waals surface area contributed by atoms with Gasteiger partial charge in [0.1, 0.15) is 0 Å². The Morgan fingerprint density at radius 2 is 1.83 bits per heavy atom. The van der Waals surface area contributed by atoms with Crippen molar-refractivity contribution >= 4 is 15.8 Å². The van der Waals surface area contributed by atoms with E-state index in [1.807, 2.05) is 0 Å². The molecule has 0 saturated heterocycles. The predicted octanol–water partition coefficient (Wildman–Crippen LogP) is 0.733. The molecular weight excluding hydrogens is 318 g/mol. The number of carbonyl (C=O) groups excluding carboxylic acids is 1. The Morgan fingerprint density at radius 1 is 1.17 bits per heavy atom. The van der Waals surface area contributed by atoms with Gasteiger partial charge in [-0.25, -0.2) is 17.8 Å². The molecule has 0 unspecified atom stereocenters. The molecule has 0 spiro atoms. The summed E-state index contributed by atoms with van der Waals surface area (Å²) < 4.78 is 27.9. The summed E-state index contributed by atoms with van der Waals surface area (Å²) in [5.74, 6) is -0.133. The van der Waals surface area contributed by atoms with Gasteiger partial charge in [-0.1, -0.05) is 12.1 Å². The molecule has 0 radical (unpaired) electrons. The number of ketones is 1. The zero-order valence-corrected chi connectivity index (χ0v) is 13.6. The third-order valence-corrected chi connectivity index (χ3v) is 4.66. The molecule has 0 atom stereocenters. The number of benzene rings is 1. The predicted molar refractivity (Wildman–Crippen MR) is 84.9 cm³/mol. The second-order valence-corrected chi connectivity index (χ2v) is 6.78. The van der Waals surface area contributed by atoms with Crippen LogP contribution >= 0.6 is 0 Å². The average Bonchev–Trinajstić information content (AvgIpc) is 2.50. The van der Waals surface area contributed by atoms with Crippen LogP contribution in [0.2, 0.25) is 0 Å². The number of nitrogens with one attached hydrogen (secondary N) is 1. The first-order chi connectivity index (χ1) is 10.8. The molecule has 2 rings (SSSR count). The van der Waals surface area contributed by atoms with Crippen molar-refractivity contribution in [1.82, 2.24) is 14.5 Å². The van der Waals surface area contributed by atoms with Crippen LogP contribution in [-0.4, -0.2) is 30.5 Å². The molecule has 0 fully saturated rings. The van der Waals surface area contributed by atoms with E-state index in [4.69, 9.17) is 0 Å². The lowest BCUT2D eigenvalue weighted by Crippen LogP contribution is -2.32. The van der Waals surface area contributed by atoms with Crippen molar-refractivity contribution in [2.75, 3.05) is 6.54 Å². The van der Waals surface area contributed by atoms with Gasteiger partial charge < -0.3 is 0 Å². The molecule has 0 bridgehead atoms. The molecule has 0 aliphatic rings. The molecule has 2 aromatic rings. The fourth-order valence-electron chi connectivity index (χ4n) is 1.95. The van der Waals surface area contributed by atoms with Gasteiger partial charge in [-0.15, -0.1) is 0 Å². The summed E-state index contributed by atoms with van der Waals surface area (Å²) >= 11 is 0. The van der Waals surface area contributed by atoms with Crippen LogP contribution in [0.25, 0.3) is 0 Å². The third kappa shape index (κ3) is 4.33. The van der Waals surface area contributed by atoms with Crippen LogP contribution in [0.15, 0.2) is 46.1 Å². The van der Waals surface area contributed by atoms with Crippen molar-refractivity contribution in [3.8, 4) is 0 Å². The van der Waals surface area contributed by atoms with Gasteiger partial charge in [-0.3, -0.25) is 9.59 Å². The Kier molecular flexibility index (Phi) is 5.07. The van der Waals surface area contributed by atoms with Gasteiger partial charge in [0.25, 0.3) is 5.56 Å². The summed E-state index contributed by atoms with van der Waals surface area (Å²) in [6.07, 6.45) is 0. The lowest BCUT2D eigenvalue weighted by Gasteiger charge is -2.08. The minimum Gasteiger partial charge on any atom is -0.295 e. The summed E-state index contributed by atoms with van der Waals surface area (Å²) in [5.41, 5.74) is 0.826. The Hall–Kier alpha value is -2.32. The van der Waals surface area contributed by atoms with Gasteiger partial charge in [0.15, 0.2) is 5.78 Å². The van der Waals surface area contributed by atoms with E-state index >= 15 is 0 Å². The monoisotopic (exact) mass is 335 g/mol. The van der Waals surface area contributed by atoms with Crippen molar-refractivity contribution in [2.24, 2.45) is 0 Å². The van der Waals surface area contributed by atoms with E-state index in [-0.39, 0.29) is 29.3 Å². The zero-order chi connectivity index (χ0) is 17.0. The van der Waals surface area contributed by atoms with E-state index in [1.54, 1.807) is 13.0 Å². The van der Waals surface area contributed by atoms with Crippen molar-refractivity contribution in [3.05, 3.63) is 58.0 Å². The van der Waals surface area contributed by atoms with Crippen LogP contribution in [0, 0.1) is 6.92 Å². The largest absolute Gasteiger partial charge is 0.295 e. The minimum atomic E-state index is -3.70. The van der Waals surface area contributed by atoms with Crippen molar-refractivity contribution in [3.63, 3.8) is 0 Å². The molecule has 0 saturated carbocycles. The molecule has 0 aliphatic heterocycles. The molecule has 23 heavy (non-hydrogen) atoms. The van der Waals surface area contributed by atoms with Gasteiger partial charge in [-0.2, -0.15) is 5.10 Å². The third-order valence-electron chi connectivity index (χ3n) is 3.19. The highest BCUT2D eigenvalue weighted by molar-refractivity contribution is 7.89. The minimum absolute atomic E-state index is 0.0349. The Labute approximate surface area is 134 Å². The molecule has 122 valence electrons. The van der Waals surface area contributed by atoms with Crippen LogP contribution in [-0.2, 0) is 16.6 Å². The summed E-state index contributed by atoms with van der Waals surface area (Å²) in [6, 6.07) is 8.65. The van der Waals surface area contributed by atoms with Gasteiger partial charge in [-0.05, 0) is 32.0 Å². The smallest absolute Gasteiger partial charge is 0.266 e. The lowest BCUT2D eigenvalue weighted by atomic mass is 10.2. The number of aromatic nitrogens is 2. The first-order valence-electron chi connectivity index (χ1n) is 6.95. The molecule has 8 heteroatoms. The summed E-state index contributed by atoms with van der Waals surface area (Å²) in [4.78, 5) is 22.8. The van der Waals surface area contributed by atoms with Crippen molar-refractivity contribution in [1.29, 1.82) is 0 Å². The highest BCUT2D eigenvalue weighted by Crippen LogP contribution is 2.10. The molecule has 1 aromatic heterocycles. The Morgan fingerprint density at radius 3 is 2.43 bits per heavy atom. The second kappa shape index (κ2) is 6.84. The number of aryl methyl sites for hydroxylation is 1. The first kappa shape index (κ1) is 17.0. The number of sulfonamides is 1. The SMILES string of the molecule is CC(=O)c1ccc(S(=O)(=O)NCCn2nc(C)ccc2=O)cc1. The van der Waals surface area contributed by atoms with Gasteiger partial charge >= 0.3 is 0 Å². The lowest BCUT2D eigenvalue weighted by molar-refractivity contribution is 0.101. The quantitative estimate of drug-likeness (QED) is 0.785. The van der Waals surface area contributed by atoms with E-state index < -0.39 is 10.0 Å². The van der Waals surface area contributed by atoms with Crippen LogP contribution in [0.3, 0.4) is 0 Å². The van der Waals surface area contributed by atoms with E-state index in [0.29, 0.717) is 11.3 Å². The normalized spacial score (nSPS) is 11.4. The van der Waals surface area contributed by atoms with E-state index in [1.165, 1.54) is 41.9 Å². The van der Waals surface area contributed by atoms with Crippen LogP contribution in [0.4, 0.5) is 0 Å². The van der Waals surface area contributed by atoms with Crippen LogP contribution < -0.4 is 10.3 Å². The number of hydrogen-bond acceptors (Lipinski definition) is 5. The van der Waals surface area contributed by atoms with Gasteiger partial charge in [0, 0.05) is 18.2 Å². The maximum Gasteiger partial charge on any atom is 0.266 e. The van der Waals surface area contributed by atoms with Gasteiger partial charge in [0.05, 0.1) is 17.1 Å². The fraction of sp³-hybridized carbons (Fsp3) is 0.267. The Bertz CT molecular complexity index is 870. The average molecular weight is 335 g/mol. The fourth-order valence-corrected chi connectivity index (χ4v) is 2.97. The number of rotatable bonds is 6. The molecule has 0 amide bonds. The van der Waals surface area contributed by atoms with E-state index in [0.717, 1.165) is 0 Å². The standard InChI is InChI=1S/C15H17N3O4S/c1-11-3-8-15(20)18(17-11)10-9-16-23(21,22)14-6-4-13(5-7-14)12(2)19/h3-8,16H,9-10H2,1-2H3. The summed E-state index contributed by atoms with van der Waals surface area (Å²) in [7, 11) is -3.70. The van der Waals surface area contributed by atoms with Gasteiger partial charge in [0.2, 0.25) is 10.0 Å². The number of carbonyl (C=O) groups is 1. The van der Waals surface area contributed by atoms with E-state index in [9.17, 15) is 18.0 Å². The van der Waals surface area contributed by atoms with Crippen LogP contribution in [0.1, 0.15) is 23.0 Å². The summed E-state index contributed by atoms with van der Waals surface area (Å²) in [5, 5.41) is 4.03. The second-order valence-electron chi connectivity index (χ2n) is 5.01. The molecule has 1 heterocycles. The number of Topliss-reactive ketones (excluding diaryl/α,β-unsaturated/α-hetero) is 1. The topological polar surface area (TPSA) is 98.1 Å². The summed E-state index contributed by atoms with van der Waals surface area (Å²) in [6.45, 7) is 3.32. The van der Waals surface area contributed by atoms with Crippen molar-refractivity contribution < 1.29 is 13.2 Å². The van der Waals surface area contributed by atoms with Crippen molar-refractivity contribution in [2.45, 2.75) is 25.3 Å².